The predicted octanol–water partition coefficient (Wildman–Crippen LogP) is 5.00. The number of benzene rings is 2. The number of aryl methyl sites for hydroxylation is 1. The van der Waals surface area contributed by atoms with Gasteiger partial charge in [0.25, 0.3) is 0 Å². The van der Waals surface area contributed by atoms with E-state index in [4.69, 9.17) is 14.7 Å². The van der Waals surface area contributed by atoms with E-state index < -0.39 is 15.1 Å². The topological polar surface area (TPSA) is 122 Å². The van der Waals surface area contributed by atoms with Gasteiger partial charge < -0.3 is 29.9 Å². The number of fused-ring (bicyclic) bond motifs is 1. The van der Waals surface area contributed by atoms with Gasteiger partial charge in [0.2, 0.25) is 5.95 Å². The van der Waals surface area contributed by atoms with Crippen LogP contribution in [0.4, 0.5) is 28.8 Å². The molecular formula is C29H36N6O4S. The summed E-state index contributed by atoms with van der Waals surface area (Å²) in [6, 6.07) is 14.7. The first-order valence-corrected chi connectivity index (χ1v) is 15.1. The first-order chi connectivity index (χ1) is 19.2. The number of ether oxygens (including phenoxy) is 1. The summed E-state index contributed by atoms with van der Waals surface area (Å²) in [7, 11) is -1.63. The lowest BCUT2D eigenvalue weighted by Gasteiger charge is -2.32. The van der Waals surface area contributed by atoms with Crippen LogP contribution in [0.3, 0.4) is 0 Å². The number of aliphatic hydroxyl groups excluding tert-OH is 1. The van der Waals surface area contributed by atoms with Crippen LogP contribution >= 0.6 is 0 Å². The normalized spacial score (nSPS) is 14.6. The van der Waals surface area contributed by atoms with Crippen molar-refractivity contribution in [3.05, 3.63) is 54.7 Å². The highest BCUT2D eigenvalue weighted by Gasteiger charge is 2.24. The maximum atomic E-state index is 13.1. The van der Waals surface area contributed by atoms with Gasteiger partial charge in [-0.1, -0.05) is 12.1 Å². The molecule has 10 nitrogen and oxygen atoms in total. The minimum absolute atomic E-state index is 0.222. The molecule has 2 aromatic heterocycles. The third kappa shape index (κ3) is 5.57. The minimum Gasteiger partial charge on any atom is -0.492 e. The molecule has 11 heteroatoms. The van der Waals surface area contributed by atoms with E-state index in [-0.39, 0.29) is 11.0 Å². The van der Waals surface area contributed by atoms with Gasteiger partial charge >= 0.3 is 0 Å². The number of aliphatic hydroxyl groups is 1. The summed E-state index contributed by atoms with van der Waals surface area (Å²) in [5.74, 6) is 1.50. The zero-order valence-corrected chi connectivity index (χ0v) is 24.1. The quantitative estimate of drug-likeness (QED) is 0.258. The Morgan fingerprint density at radius 2 is 1.80 bits per heavy atom. The molecule has 40 heavy (non-hydrogen) atoms. The van der Waals surface area contributed by atoms with Gasteiger partial charge in [0.05, 0.1) is 39.7 Å². The molecule has 0 radical (unpaired) electrons. The summed E-state index contributed by atoms with van der Waals surface area (Å²) >= 11 is 0. The fourth-order valence-electron chi connectivity index (χ4n) is 4.87. The molecule has 1 aliphatic heterocycles. The van der Waals surface area contributed by atoms with Crippen LogP contribution in [0, 0.1) is 0 Å². The number of para-hydroxylation sites is 1. The summed E-state index contributed by atoms with van der Waals surface area (Å²) in [4.78, 5) is 12.0. The Bertz CT molecular complexity index is 1610. The third-order valence-electron chi connectivity index (χ3n) is 7.13. The van der Waals surface area contributed by atoms with Crippen molar-refractivity contribution in [2.45, 2.75) is 49.9 Å². The van der Waals surface area contributed by atoms with Crippen molar-refractivity contribution in [1.29, 1.82) is 0 Å². The molecule has 5 rings (SSSR count). The van der Waals surface area contributed by atoms with E-state index >= 15 is 0 Å². The lowest BCUT2D eigenvalue weighted by molar-refractivity contribution is 0.145. The smallest absolute Gasteiger partial charge is 0.229 e. The number of hydrogen-bond donors (Lipinski definition) is 3. The molecule has 212 valence electrons. The number of piperidine rings is 1. The molecule has 1 fully saturated rings. The van der Waals surface area contributed by atoms with E-state index in [1.165, 1.54) is 0 Å². The van der Waals surface area contributed by atoms with Crippen molar-refractivity contribution in [3.8, 4) is 5.75 Å². The molecule has 0 amide bonds. The second-order valence-electron chi connectivity index (χ2n) is 10.2. The highest BCUT2D eigenvalue weighted by molar-refractivity contribution is 7.92. The molecule has 0 atom stereocenters. The molecule has 3 heterocycles. The molecule has 4 aromatic rings. The summed E-state index contributed by atoms with van der Waals surface area (Å²) in [6.45, 7) is 7.34. The Kier molecular flexibility index (Phi) is 7.86. The molecule has 0 bridgehead atoms. The van der Waals surface area contributed by atoms with Crippen LogP contribution in [-0.2, 0) is 16.9 Å². The molecular weight excluding hydrogens is 528 g/mol. The zero-order chi connectivity index (χ0) is 28.4. The van der Waals surface area contributed by atoms with Gasteiger partial charge in [-0.05, 0) is 63.9 Å². The van der Waals surface area contributed by atoms with E-state index in [1.54, 1.807) is 38.1 Å². The maximum Gasteiger partial charge on any atom is 0.229 e. The van der Waals surface area contributed by atoms with Crippen molar-refractivity contribution in [1.82, 2.24) is 14.5 Å². The highest BCUT2D eigenvalue weighted by atomic mass is 32.2. The van der Waals surface area contributed by atoms with Crippen LogP contribution in [0.25, 0.3) is 11.0 Å². The van der Waals surface area contributed by atoms with Gasteiger partial charge in [0.15, 0.2) is 15.7 Å². The van der Waals surface area contributed by atoms with Crippen molar-refractivity contribution in [2.24, 2.45) is 7.05 Å². The Morgan fingerprint density at radius 3 is 2.52 bits per heavy atom. The SMILES string of the molecule is CCOc1cc(N2CCC(O)CC2)ccc1Nc1nc(Nc2ccccc2S(=O)(=O)C(C)C)c2c(ccn2C)n1. The number of aromatic nitrogens is 3. The standard InChI is InChI=1S/C29H36N6O4S/c1-5-39-25-18-20(35-16-12-21(36)13-17-35)10-11-22(25)31-29-32-24-14-15-34(4)27(24)28(33-29)30-23-8-6-7-9-26(23)40(37,38)19(2)3/h6-11,14-15,18-19,21,36H,5,12-13,16-17H2,1-4H3,(H2,30,31,32,33). The monoisotopic (exact) mass is 564 g/mol. The van der Waals surface area contributed by atoms with Crippen molar-refractivity contribution in [3.63, 3.8) is 0 Å². The Hall–Kier alpha value is -3.83. The van der Waals surface area contributed by atoms with Crippen LogP contribution in [0.15, 0.2) is 59.6 Å². The number of sulfone groups is 1. The van der Waals surface area contributed by atoms with Crippen LogP contribution in [0.5, 0.6) is 5.75 Å². The fourth-order valence-corrected chi connectivity index (χ4v) is 6.07. The van der Waals surface area contributed by atoms with Gasteiger partial charge in [-0.25, -0.2) is 13.4 Å². The Balaban J connectivity index is 1.50. The molecule has 1 saturated heterocycles. The van der Waals surface area contributed by atoms with Gasteiger partial charge in [-0.2, -0.15) is 4.98 Å². The maximum absolute atomic E-state index is 13.1. The second kappa shape index (κ2) is 11.3. The van der Waals surface area contributed by atoms with Gasteiger partial charge in [-0.15, -0.1) is 0 Å². The minimum atomic E-state index is -3.53. The second-order valence-corrected chi connectivity index (χ2v) is 12.7. The van der Waals surface area contributed by atoms with Gasteiger partial charge in [-0.3, -0.25) is 0 Å². The molecule has 1 aliphatic rings. The van der Waals surface area contributed by atoms with Crippen molar-refractivity contribution in [2.75, 3.05) is 35.2 Å². The first kappa shape index (κ1) is 27.7. The van der Waals surface area contributed by atoms with Crippen LogP contribution in [0.1, 0.15) is 33.6 Å². The molecule has 0 spiro atoms. The average molecular weight is 565 g/mol. The average Bonchev–Trinajstić information content (AvgIpc) is 3.31. The third-order valence-corrected chi connectivity index (χ3v) is 9.34. The molecule has 0 saturated carbocycles. The van der Waals surface area contributed by atoms with Crippen LogP contribution < -0.4 is 20.3 Å². The number of hydrogen-bond acceptors (Lipinski definition) is 9. The van der Waals surface area contributed by atoms with E-state index in [2.05, 4.69) is 15.5 Å². The Labute approximate surface area is 234 Å². The van der Waals surface area contributed by atoms with Crippen molar-refractivity contribution < 1.29 is 18.3 Å². The predicted molar refractivity (Wildman–Crippen MR) is 159 cm³/mol. The fraction of sp³-hybridized carbons (Fsp3) is 0.379. The lowest BCUT2D eigenvalue weighted by atomic mass is 10.1. The molecule has 2 aromatic carbocycles. The van der Waals surface area contributed by atoms with Gasteiger partial charge in [0, 0.05) is 38.1 Å². The van der Waals surface area contributed by atoms with E-state index in [0.717, 1.165) is 37.1 Å². The number of nitrogens with one attached hydrogen (secondary N) is 2. The highest BCUT2D eigenvalue weighted by Crippen LogP contribution is 2.35. The lowest BCUT2D eigenvalue weighted by Crippen LogP contribution is -2.35. The van der Waals surface area contributed by atoms with Gasteiger partial charge in [0.1, 0.15) is 11.3 Å². The van der Waals surface area contributed by atoms with Crippen LogP contribution in [-0.4, -0.2) is 59.1 Å². The molecule has 0 aliphatic carbocycles. The zero-order valence-electron chi connectivity index (χ0n) is 23.3. The molecule has 3 N–H and O–H groups in total. The first-order valence-electron chi connectivity index (χ1n) is 13.6. The molecule has 0 unspecified atom stereocenters. The Morgan fingerprint density at radius 1 is 1.05 bits per heavy atom. The number of anilines is 5. The summed E-state index contributed by atoms with van der Waals surface area (Å²) in [5.41, 5.74) is 3.65. The summed E-state index contributed by atoms with van der Waals surface area (Å²) in [5, 5.41) is 15.9. The van der Waals surface area contributed by atoms with E-state index in [0.29, 0.717) is 41.0 Å². The largest absolute Gasteiger partial charge is 0.492 e. The summed E-state index contributed by atoms with van der Waals surface area (Å²) in [6.07, 6.45) is 3.13. The summed E-state index contributed by atoms with van der Waals surface area (Å²) < 4.78 is 34.0. The number of rotatable bonds is 9. The number of nitrogens with zero attached hydrogens (tertiary/aromatic N) is 4. The van der Waals surface area contributed by atoms with E-state index in [9.17, 15) is 13.5 Å². The van der Waals surface area contributed by atoms with Crippen LogP contribution in [0.2, 0.25) is 0 Å². The van der Waals surface area contributed by atoms with E-state index in [1.807, 2.05) is 49.0 Å². The van der Waals surface area contributed by atoms with Crippen molar-refractivity contribution >= 4 is 49.7 Å².